The van der Waals surface area contributed by atoms with Gasteiger partial charge in [0.1, 0.15) is 5.75 Å². The molecule has 0 amide bonds. The minimum atomic E-state index is 0.269. The summed E-state index contributed by atoms with van der Waals surface area (Å²) in [5.74, 6) is 0.963. The lowest BCUT2D eigenvalue weighted by molar-refractivity contribution is 0.410. The van der Waals surface area contributed by atoms with E-state index in [1.54, 1.807) is 7.11 Å². The van der Waals surface area contributed by atoms with Crippen molar-refractivity contribution >= 4 is 0 Å². The second-order valence-electron chi connectivity index (χ2n) is 5.83. The summed E-state index contributed by atoms with van der Waals surface area (Å²) in [6.45, 7) is 1.06. The summed E-state index contributed by atoms with van der Waals surface area (Å²) in [6, 6.07) is 11.0. The Kier molecular flexibility index (Phi) is 2.57. The summed E-state index contributed by atoms with van der Waals surface area (Å²) in [6.07, 6.45) is 6.29. The maximum atomic E-state index is 5.41. The van der Waals surface area contributed by atoms with Crippen molar-refractivity contribution < 1.29 is 4.74 Å². The molecule has 2 heterocycles. The SMILES string of the molecule is COc1ccc2c(c1)C1(CC1)CNC2c1ccncc1. The molecule has 1 aliphatic heterocycles. The molecule has 1 N–H and O–H groups in total. The van der Waals surface area contributed by atoms with Gasteiger partial charge in [0.25, 0.3) is 0 Å². The predicted molar refractivity (Wildman–Crippen MR) is 78.0 cm³/mol. The number of pyridine rings is 1. The molecule has 1 spiro atoms. The fourth-order valence-electron chi connectivity index (χ4n) is 3.33. The van der Waals surface area contributed by atoms with Crippen molar-refractivity contribution in [3.8, 4) is 5.75 Å². The molecule has 1 aliphatic carbocycles. The van der Waals surface area contributed by atoms with Gasteiger partial charge >= 0.3 is 0 Å². The highest BCUT2D eigenvalue weighted by Gasteiger charge is 2.49. The van der Waals surface area contributed by atoms with Crippen molar-refractivity contribution in [2.45, 2.75) is 24.3 Å². The van der Waals surface area contributed by atoms with Crippen molar-refractivity contribution in [3.05, 3.63) is 59.4 Å². The van der Waals surface area contributed by atoms with E-state index in [9.17, 15) is 0 Å². The Labute approximate surface area is 119 Å². The van der Waals surface area contributed by atoms with Gasteiger partial charge < -0.3 is 10.1 Å². The Morgan fingerprint density at radius 3 is 2.70 bits per heavy atom. The Morgan fingerprint density at radius 2 is 2.00 bits per heavy atom. The van der Waals surface area contributed by atoms with Crippen LogP contribution in [0.5, 0.6) is 5.75 Å². The van der Waals surface area contributed by atoms with Gasteiger partial charge in [0.15, 0.2) is 0 Å². The largest absolute Gasteiger partial charge is 0.497 e. The Hall–Kier alpha value is -1.87. The van der Waals surface area contributed by atoms with Crippen molar-refractivity contribution in [1.29, 1.82) is 0 Å². The van der Waals surface area contributed by atoms with E-state index in [0.717, 1.165) is 12.3 Å². The molecule has 1 unspecified atom stereocenters. The molecule has 4 rings (SSSR count). The lowest BCUT2D eigenvalue weighted by Crippen LogP contribution is -2.37. The summed E-state index contributed by atoms with van der Waals surface area (Å²) in [5.41, 5.74) is 4.49. The van der Waals surface area contributed by atoms with E-state index < -0.39 is 0 Å². The Balaban J connectivity index is 1.83. The fourth-order valence-corrected chi connectivity index (χ4v) is 3.33. The van der Waals surface area contributed by atoms with Crippen LogP contribution in [-0.2, 0) is 5.41 Å². The van der Waals surface area contributed by atoms with E-state index in [1.165, 1.54) is 29.5 Å². The lowest BCUT2D eigenvalue weighted by atomic mass is 9.82. The molecular formula is C17H18N2O. The molecule has 0 saturated heterocycles. The van der Waals surface area contributed by atoms with Crippen molar-refractivity contribution in [3.63, 3.8) is 0 Å². The molecule has 1 aromatic heterocycles. The highest BCUT2D eigenvalue weighted by molar-refractivity contribution is 5.50. The van der Waals surface area contributed by atoms with Gasteiger partial charge in [0, 0.05) is 24.4 Å². The minimum absolute atomic E-state index is 0.269. The summed E-state index contributed by atoms with van der Waals surface area (Å²) >= 11 is 0. The molecule has 1 saturated carbocycles. The first-order valence-electron chi connectivity index (χ1n) is 7.14. The van der Waals surface area contributed by atoms with E-state index in [2.05, 4.69) is 40.6 Å². The van der Waals surface area contributed by atoms with Crippen LogP contribution in [0.4, 0.5) is 0 Å². The molecule has 102 valence electrons. The van der Waals surface area contributed by atoms with Crippen LogP contribution in [0.3, 0.4) is 0 Å². The number of hydrogen-bond donors (Lipinski definition) is 1. The first kappa shape index (κ1) is 11.9. The van der Waals surface area contributed by atoms with Crippen LogP contribution >= 0.6 is 0 Å². The summed E-state index contributed by atoms with van der Waals surface area (Å²) in [7, 11) is 1.74. The molecule has 0 bridgehead atoms. The molecular weight excluding hydrogens is 248 g/mol. The number of rotatable bonds is 2. The van der Waals surface area contributed by atoms with Crippen molar-refractivity contribution in [2.24, 2.45) is 0 Å². The molecule has 3 nitrogen and oxygen atoms in total. The van der Waals surface area contributed by atoms with Gasteiger partial charge in [-0.15, -0.1) is 0 Å². The third-order valence-electron chi connectivity index (χ3n) is 4.68. The van der Waals surface area contributed by atoms with E-state index in [-0.39, 0.29) is 6.04 Å². The monoisotopic (exact) mass is 266 g/mol. The number of hydrogen-bond acceptors (Lipinski definition) is 3. The van der Waals surface area contributed by atoms with E-state index in [4.69, 9.17) is 4.74 Å². The van der Waals surface area contributed by atoms with Crippen LogP contribution in [0.1, 0.15) is 35.6 Å². The first-order valence-corrected chi connectivity index (χ1v) is 7.14. The molecule has 20 heavy (non-hydrogen) atoms. The normalized spacial score (nSPS) is 22.4. The van der Waals surface area contributed by atoms with Gasteiger partial charge in [-0.1, -0.05) is 6.07 Å². The summed E-state index contributed by atoms with van der Waals surface area (Å²) < 4.78 is 5.41. The van der Waals surface area contributed by atoms with Gasteiger partial charge in [0.05, 0.1) is 13.2 Å². The summed E-state index contributed by atoms with van der Waals surface area (Å²) in [5, 5.41) is 3.71. The number of fused-ring (bicyclic) bond motifs is 2. The number of methoxy groups -OCH3 is 1. The van der Waals surface area contributed by atoms with E-state index >= 15 is 0 Å². The number of aromatic nitrogens is 1. The Morgan fingerprint density at radius 1 is 1.20 bits per heavy atom. The zero-order valence-electron chi connectivity index (χ0n) is 11.6. The molecule has 0 radical (unpaired) electrons. The number of benzene rings is 1. The van der Waals surface area contributed by atoms with Crippen LogP contribution in [0, 0.1) is 0 Å². The van der Waals surface area contributed by atoms with Gasteiger partial charge in [-0.25, -0.2) is 0 Å². The lowest BCUT2D eigenvalue weighted by Gasteiger charge is -2.33. The Bertz CT molecular complexity index is 635. The molecule has 1 fully saturated rings. The van der Waals surface area contributed by atoms with Gasteiger partial charge in [-0.2, -0.15) is 0 Å². The highest BCUT2D eigenvalue weighted by atomic mass is 16.5. The summed E-state index contributed by atoms with van der Waals surface area (Å²) in [4.78, 5) is 4.12. The van der Waals surface area contributed by atoms with Crippen LogP contribution in [0.25, 0.3) is 0 Å². The molecule has 3 heteroatoms. The number of nitrogens with one attached hydrogen (secondary N) is 1. The maximum Gasteiger partial charge on any atom is 0.119 e. The van der Waals surface area contributed by atoms with Crippen molar-refractivity contribution in [2.75, 3.05) is 13.7 Å². The molecule has 1 aromatic carbocycles. The van der Waals surface area contributed by atoms with Crippen LogP contribution in [-0.4, -0.2) is 18.6 Å². The maximum absolute atomic E-state index is 5.41. The third-order valence-corrected chi connectivity index (χ3v) is 4.68. The van der Waals surface area contributed by atoms with Gasteiger partial charge in [-0.05, 0) is 53.8 Å². The second kappa shape index (κ2) is 4.32. The van der Waals surface area contributed by atoms with E-state index in [1.807, 2.05) is 12.4 Å². The van der Waals surface area contributed by atoms with Crippen LogP contribution in [0.15, 0.2) is 42.7 Å². The second-order valence-corrected chi connectivity index (χ2v) is 5.83. The third kappa shape index (κ3) is 1.74. The minimum Gasteiger partial charge on any atom is -0.497 e. The predicted octanol–water partition coefficient (Wildman–Crippen LogP) is 2.81. The van der Waals surface area contributed by atoms with Crippen molar-refractivity contribution in [1.82, 2.24) is 10.3 Å². The average Bonchev–Trinajstić information content (AvgIpc) is 3.29. The molecule has 2 aromatic rings. The first-order chi connectivity index (χ1) is 9.82. The molecule has 2 aliphatic rings. The van der Waals surface area contributed by atoms with Gasteiger partial charge in [-0.3, -0.25) is 4.98 Å². The zero-order valence-corrected chi connectivity index (χ0v) is 11.6. The fraction of sp³-hybridized carbons (Fsp3) is 0.353. The number of ether oxygens (including phenoxy) is 1. The molecule has 1 atom stereocenters. The average molecular weight is 266 g/mol. The smallest absolute Gasteiger partial charge is 0.119 e. The number of nitrogens with zero attached hydrogens (tertiary/aromatic N) is 1. The standard InChI is InChI=1S/C17H18N2O/c1-20-13-2-3-14-15(10-13)17(6-7-17)11-19-16(14)12-4-8-18-9-5-12/h2-5,8-10,16,19H,6-7,11H2,1H3. The topological polar surface area (TPSA) is 34.1 Å². The quantitative estimate of drug-likeness (QED) is 0.907. The zero-order chi connectivity index (χ0) is 13.6. The van der Waals surface area contributed by atoms with Gasteiger partial charge in [0.2, 0.25) is 0 Å². The van der Waals surface area contributed by atoms with Crippen LogP contribution < -0.4 is 10.1 Å². The van der Waals surface area contributed by atoms with Crippen LogP contribution in [0.2, 0.25) is 0 Å². The van der Waals surface area contributed by atoms with E-state index in [0.29, 0.717) is 5.41 Å². The highest BCUT2D eigenvalue weighted by Crippen LogP contribution is 2.53.